The van der Waals surface area contributed by atoms with Gasteiger partial charge < -0.3 is 16.0 Å². The average Bonchev–Trinajstić information content (AvgIpc) is 2.33. The van der Waals surface area contributed by atoms with E-state index in [9.17, 15) is 4.79 Å². The van der Waals surface area contributed by atoms with Crippen molar-refractivity contribution in [2.24, 2.45) is 11.7 Å². The zero-order valence-electron chi connectivity index (χ0n) is 10.9. The number of anilines is 1. The fraction of sp³-hybridized carbons (Fsp3) is 0.538. The molecule has 5 nitrogen and oxygen atoms in total. The topological polar surface area (TPSA) is 71.2 Å². The van der Waals surface area contributed by atoms with Gasteiger partial charge in [0.2, 0.25) is 0 Å². The molecule has 0 bridgehead atoms. The summed E-state index contributed by atoms with van der Waals surface area (Å²) in [4.78, 5) is 17.4. The Morgan fingerprint density at radius 1 is 1.61 bits per heavy atom. The summed E-state index contributed by atoms with van der Waals surface area (Å²) in [6.45, 7) is 4.42. The van der Waals surface area contributed by atoms with Crippen LogP contribution in [0, 0.1) is 5.92 Å². The molecule has 1 fully saturated rings. The Morgan fingerprint density at radius 2 is 2.39 bits per heavy atom. The molecule has 1 aliphatic rings. The van der Waals surface area contributed by atoms with Crippen molar-refractivity contribution in [3.63, 3.8) is 0 Å². The van der Waals surface area contributed by atoms with Gasteiger partial charge in [-0.3, -0.25) is 9.78 Å². The Hall–Kier alpha value is -1.62. The van der Waals surface area contributed by atoms with Crippen molar-refractivity contribution in [1.82, 2.24) is 9.88 Å². The minimum absolute atomic E-state index is 0.306. The number of nitrogens with two attached hydrogens (primary N) is 1. The van der Waals surface area contributed by atoms with Gasteiger partial charge in [0.15, 0.2) is 0 Å². The molecule has 1 aromatic rings. The fourth-order valence-electron chi connectivity index (χ4n) is 2.44. The highest BCUT2D eigenvalue weighted by Crippen LogP contribution is 2.20. The molecule has 0 spiro atoms. The van der Waals surface area contributed by atoms with Crippen LogP contribution in [-0.4, -0.2) is 42.0 Å². The van der Waals surface area contributed by atoms with Crippen molar-refractivity contribution in [3.05, 3.63) is 24.0 Å². The molecule has 1 amide bonds. The molecule has 0 radical (unpaired) electrons. The average molecular weight is 248 g/mol. The number of piperidine rings is 1. The van der Waals surface area contributed by atoms with Crippen molar-refractivity contribution in [3.8, 4) is 0 Å². The summed E-state index contributed by atoms with van der Waals surface area (Å²) in [5.74, 6) is 0.0871. The van der Waals surface area contributed by atoms with Crippen LogP contribution in [0.15, 0.2) is 18.3 Å². The molecule has 1 aliphatic heterocycles. The van der Waals surface area contributed by atoms with E-state index in [4.69, 9.17) is 5.73 Å². The lowest BCUT2D eigenvalue weighted by Crippen LogP contribution is -2.43. The number of hydrogen-bond acceptors (Lipinski definition) is 4. The van der Waals surface area contributed by atoms with Gasteiger partial charge in [0, 0.05) is 24.5 Å². The van der Waals surface area contributed by atoms with Gasteiger partial charge in [-0.2, -0.15) is 0 Å². The third-order valence-corrected chi connectivity index (χ3v) is 3.47. The van der Waals surface area contributed by atoms with E-state index in [-0.39, 0.29) is 0 Å². The number of nitrogens with zero attached hydrogens (tertiary/aromatic N) is 2. The molecule has 0 aromatic carbocycles. The highest BCUT2D eigenvalue weighted by atomic mass is 16.1. The predicted octanol–water partition coefficient (Wildman–Crippen LogP) is 0.933. The van der Waals surface area contributed by atoms with E-state index in [1.165, 1.54) is 0 Å². The molecular weight excluding hydrogens is 228 g/mol. The first-order valence-electron chi connectivity index (χ1n) is 6.27. The molecule has 1 saturated heterocycles. The summed E-state index contributed by atoms with van der Waals surface area (Å²) in [7, 11) is 2.14. The molecule has 2 rings (SSSR count). The number of carbonyl (C=O) groups excluding carboxylic acids is 1. The standard InChI is InChI=1S/C13H20N4O/c1-9-8-17(2)6-4-11(9)16-10-3-5-15-12(7-10)13(14)18/h3,5,7,9,11H,4,6,8H2,1-2H3,(H2,14,18)(H,15,16). The van der Waals surface area contributed by atoms with Gasteiger partial charge in [0.25, 0.3) is 5.91 Å². The minimum Gasteiger partial charge on any atom is -0.382 e. The molecule has 2 unspecified atom stereocenters. The Labute approximate surface area is 107 Å². The Morgan fingerprint density at radius 3 is 3.06 bits per heavy atom. The maximum absolute atomic E-state index is 11.1. The molecule has 5 heteroatoms. The second-order valence-electron chi connectivity index (χ2n) is 5.07. The van der Waals surface area contributed by atoms with Crippen LogP contribution < -0.4 is 11.1 Å². The van der Waals surface area contributed by atoms with Crippen LogP contribution in [0.3, 0.4) is 0 Å². The summed E-state index contributed by atoms with van der Waals surface area (Å²) in [6, 6.07) is 4.02. The van der Waals surface area contributed by atoms with E-state index in [0.717, 1.165) is 25.2 Å². The quantitative estimate of drug-likeness (QED) is 0.835. The molecule has 0 aliphatic carbocycles. The van der Waals surface area contributed by atoms with E-state index in [1.54, 1.807) is 12.3 Å². The predicted molar refractivity (Wildman–Crippen MR) is 71.4 cm³/mol. The summed E-state index contributed by atoms with van der Waals surface area (Å²) in [5.41, 5.74) is 6.45. The smallest absolute Gasteiger partial charge is 0.267 e. The Kier molecular flexibility index (Phi) is 3.81. The van der Waals surface area contributed by atoms with E-state index in [1.807, 2.05) is 6.07 Å². The van der Waals surface area contributed by atoms with Gasteiger partial charge in [0.05, 0.1) is 0 Å². The van der Waals surface area contributed by atoms with E-state index in [2.05, 4.69) is 29.2 Å². The van der Waals surface area contributed by atoms with Crippen LogP contribution in [0.2, 0.25) is 0 Å². The van der Waals surface area contributed by atoms with Gasteiger partial charge in [-0.15, -0.1) is 0 Å². The van der Waals surface area contributed by atoms with Crippen molar-refractivity contribution in [2.75, 3.05) is 25.5 Å². The van der Waals surface area contributed by atoms with Gasteiger partial charge >= 0.3 is 0 Å². The highest BCUT2D eigenvalue weighted by molar-refractivity contribution is 5.91. The molecule has 18 heavy (non-hydrogen) atoms. The van der Waals surface area contributed by atoms with E-state index in [0.29, 0.717) is 17.7 Å². The summed E-state index contributed by atoms with van der Waals surface area (Å²) < 4.78 is 0. The van der Waals surface area contributed by atoms with Crippen LogP contribution >= 0.6 is 0 Å². The van der Waals surface area contributed by atoms with Crippen LogP contribution in [-0.2, 0) is 0 Å². The van der Waals surface area contributed by atoms with Gasteiger partial charge in [-0.1, -0.05) is 6.92 Å². The molecular formula is C13H20N4O. The lowest BCUT2D eigenvalue weighted by Gasteiger charge is -2.35. The van der Waals surface area contributed by atoms with Crippen molar-refractivity contribution in [2.45, 2.75) is 19.4 Å². The van der Waals surface area contributed by atoms with Gasteiger partial charge in [-0.05, 0) is 38.1 Å². The second-order valence-corrected chi connectivity index (χ2v) is 5.07. The largest absolute Gasteiger partial charge is 0.382 e. The number of rotatable bonds is 3. The zero-order chi connectivity index (χ0) is 13.1. The molecule has 0 saturated carbocycles. The summed E-state index contributed by atoms with van der Waals surface area (Å²) in [6.07, 6.45) is 2.72. The monoisotopic (exact) mass is 248 g/mol. The third-order valence-electron chi connectivity index (χ3n) is 3.47. The first-order chi connectivity index (χ1) is 8.56. The van der Waals surface area contributed by atoms with Gasteiger partial charge in [0.1, 0.15) is 5.69 Å². The number of aromatic nitrogens is 1. The number of nitrogens with one attached hydrogen (secondary N) is 1. The maximum Gasteiger partial charge on any atom is 0.267 e. The number of likely N-dealkylation sites (tertiary alicyclic amines) is 1. The molecule has 2 heterocycles. The number of amides is 1. The van der Waals surface area contributed by atoms with Gasteiger partial charge in [-0.25, -0.2) is 0 Å². The Balaban J connectivity index is 2.05. The number of hydrogen-bond donors (Lipinski definition) is 2. The Bertz CT molecular complexity index is 435. The maximum atomic E-state index is 11.1. The first kappa shape index (κ1) is 12.8. The normalized spacial score (nSPS) is 24.8. The molecule has 3 N–H and O–H groups in total. The first-order valence-corrected chi connectivity index (χ1v) is 6.27. The molecule has 98 valence electrons. The molecule has 2 atom stereocenters. The van der Waals surface area contributed by atoms with E-state index >= 15 is 0 Å². The highest BCUT2D eigenvalue weighted by Gasteiger charge is 2.23. The van der Waals surface area contributed by atoms with E-state index < -0.39 is 5.91 Å². The van der Waals surface area contributed by atoms with Crippen LogP contribution in [0.25, 0.3) is 0 Å². The van der Waals surface area contributed by atoms with Crippen LogP contribution in [0.5, 0.6) is 0 Å². The van der Waals surface area contributed by atoms with Crippen LogP contribution in [0.4, 0.5) is 5.69 Å². The summed E-state index contributed by atoms with van der Waals surface area (Å²) in [5, 5.41) is 3.47. The summed E-state index contributed by atoms with van der Waals surface area (Å²) >= 11 is 0. The minimum atomic E-state index is -0.491. The number of pyridine rings is 1. The fourth-order valence-corrected chi connectivity index (χ4v) is 2.44. The zero-order valence-corrected chi connectivity index (χ0v) is 10.9. The number of carbonyl (C=O) groups is 1. The third kappa shape index (κ3) is 2.98. The SMILES string of the molecule is CC1CN(C)CCC1Nc1ccnc(C(N)=O)c1. The number of primary amides is 1. The van der Waals surface area contributed by atoms with Crippen molar-refractivity contribution < 1.29 is 4.79 Å². The van der Waals surface area contributed by atoms with Crippen molar-refractivity contribution >= 4 is 11.6 Å². The molecule has 1 aromatic heterocycles. The van der Waals surface area contributed by atoms with Crippen molar-refractivity contribution in [1.29, 1.82) is 0 Å². The second kappa shape index (κ2) is 5.35. The van der Waals surface area contributed by atoms with Crippen LogP contribution in [0.1, 0.15) is 23.8 Å². The lowest BCUT2D eigenvalue weighted by molar-refractivity contribution is 0.0995. The lowest BCUT2D eigenvalue weighted by atomic mass is 9.94.